The molecule has 0 radical (unpaired) electrons. The minimum atomic E-state index is -3.72. The van der Waals surface area contributed by atoms with Crippen LogP contribution in [-0.4, -0.2) is 53.1 Å². The van der Waals surface area contributed by atoms with Crippen LogP contribution in [0.1, 0.15) is 0 Å². The lowest BCUT2D eigenvalue weighted by Gasteiger charge is -2.36. The van der Waals surface area contributed by atoms with Crippen molar-refractivity contribution in [3.05, 3.63) is 46.4 Å². The van der Waals surface area contributed by atoms with Gasteiger partial charge in [-0.1, -0.05) is 29.3 Å². The Morgan fingerprint density at radius 1 is 0.963 bits per heavy atom. The third-order valence-electron chi connectivity index (χ3n) is 4.50. The first kappa shape index (κ1) is 20.1. The van der Waals surface area contributed by atoms with E-state index in [1.165, 1.54) is 24.6 Å². The molecule has 0 atom stereocenters. The van der Waals surface area contributed by atoms with Gasteiger partial charge in [-0.25, -0.2) is 8.42 Å². The molecule has 1 aliphatic heterocycles. The fourth-order valence-corrected chi connectivity index (χ4v) is 5.04. The molecule has 0 aromatic heterocycles. The zero-order valence-corrected chi connectivity index (χ0v) is 17.3. The highest BCUT2D eigenvalue weighted by atomic mass is 35.5. The number of methoxy groups -OCH3 is 2. The van der Waals surface area contributed by atoms with Crippen LogP contribution < -0.4 is 14.4 Å². The lowest BCUT2D eigenvalue weighted by molar-refractivity contribution is 0.371. The monoisotopic (exact) mass is 430 g/mol. The second-order valence-electron chi connectivity index (χ2n) is 5.98. The van der Waals surface area contributed by atoms with Crippen molar-refractivity contribution in [1.29, 1.82) is 0 Å². The van der Waals surface area contributed by atoms with Gasteiger partial charge in [-0.05, 0) is 24.3 Å². The van der Waals surface area contributed by atoms with Crippen molar-refractivity contribution in [3.63, 3.8) is 0 Å². The summed E-state index contributed by atoms with van der Waals surface area (Å²) in [6.07, 6.45) is 0. The first-order valence-electron chi connectivity index (χ1n) is 8.29. The molecule has 1 saturated heterocycles. The Hall–Kier alpha value is -1.67. The van der Waals surface area contributed by atoms with Crippen molar-refractivity contribution < 1.29 is 17.9 Å². The quantitative estimate of drug-likeness (QED) is 0.725. The summed E-state index contributed by atoms with van der Waals surface area (Å²) in [5.41, 5.74) is 0.806. The summed E-state index contributed by atoms with van der Waals surface area (Å²) < 4.78 is 38.1. The lowest BCUT2D eigenvalue weighted by Crippen LogP contribution is -2.48. The first-order chi connectivity index (χ1) is 12.9. The van der Waals surface area contributed by atoms with E-state index in [9.17, 15) is 8.42 Å². The van der Waals surface area contributed by atoms with Crippen molar-refractivity contribution in [2.24, 2.45) is 0 Å². The van der Waals surface area contributed by atoms with E-state index in [4.69, 9.17) is 32.7 Å². The van der Waals surface area contributed by atoms with Crippen molar-refractivity contribution in [2.75, 3.05) is 45.3 Å². The third-order valence-corrected chi connectivity index (χ3v) is 7.23. The first-order valence-corrected chi connectivity index (χ1v) is 10.5. The zero-order chi connectivity index (χ0) is 19.6. The molecular formula is C18H20Cl2N2O4S. The van der Waals surface area contributed by atoms with E-state index in [2.05, 4.69) is 0 Å². The maximum absolute atomic E-state index is 13.1. The summed E-state index contributed by atoms with van der Waals surface area (Å²) in [6.45, 7) is 1.66. The minimum Gasteiger partial charge on any atom is -0.497 e. The average Bonchev–Trinajstić information content (AvgIpc) is 2.69. The Morgan fingerprint density at radius 3 is 2.30 bits per heavy atom. The summed E-state index contributed by atoms with van der Waals surface area (Å²) in [5.74, 6) is 0.745. The van der Waals surface area contributed by atoms with Gasteiger partial charge in [0, 0.05) is 32.2 Å². The van der Waals surface area contributed by atoms with Crippen molar-refractivity contribution in [3.8, 4) is 11.5 Å². The number of nitrogens with zero attached hydrogens (tertiary/aromatic N) is 2. The predicted molar refractivity (Wildman–Crippen MR) is 107 cm³/mol. The molecule has 9 heteroatoms. The predicted octanol–water partition coefficient (Wildman–Crippen LogP) is 3.52. The molecule has 0 unspecified atom stereocenters. The highest BCUT2D eigenvalue weighted by Crippen LogP contribution is 2.34. The Bertz CT molecular complexity index is 929. The Morgan fingerprint density at radius 2 is 1.67 bits per heavy atom. The van der Waals surface area contributed by atoms with E-state index in [1.807, 2.05) is 17.0 Å². The number of anilines is 1. The number of hydrogen-bond donors (Lipinski definition) is 0. The maximum atomic E-state index is 13.1. The Labute approximate surface area is 169 Å². The number of ether oxygens (including phenoxy) is 2. The molecule has 1 heterocycles. The summed E-state index contributed by atoms with van der Waals surface area (Å²) in [6, 6.07) is 10.2. The van der Waals surface area contributed by atoms with Gasteiger partial charge in [0.15, 0.2) is 0 Å². The normalized spacial score (nSPS) is 15.6. The van der Waals surface area contributed by atoms with Crippen LogP contribution in [0.3, 0.4) is 0 Å². The van der Waals surface area contributed by atoms with Crippen molar-refractivity contribution in [1.82, 2.24) is 4.31 Å². The number of sulfonamides is 1. The number of piperazine rings is 1. The highest BCUT2D eigenvalue weighted by Gasteiger charge is 2.31. The average molecular weight is 431 g/mol. The standard InChI is InChI=1S/C18H20Cl2N2O4S/c1-25-13-6-7-16(26-2)17(12-13)27(23,24)22-10-8-21(9-11-22)15-5-3-4-14(19)18(15)20/h3-7,12H,8-11H2,1-2H3. The molecule has 1 fully saturated rings. The van der Waals surface area contributed by atoms with E-state index in [0.717, 1.165) is 5.69 Å². The van der Waals surface area contributed by atoms with E-state index >= 15 is 0 Å². The van der Waals surface area contributed by atoms with E-state index < -0.39 is 10.0 Å². The maximum Gasteiger partial charge on any atom is 0.247 e. The van der Waals surface area contributed by atoms with Gasteiger partial charge < -0.3 is 14.4 Å². The molecule has 0 aliphatic carbocycles. The molecule has 2 aromatic carbocycles. The van der Waals surface area contributed by atoms with Crippen LogP contribution in [0.25, 0.3) is 0 Å². The van der Waals surface area contributed by atoms with Crippen LogP contribution in [0.4, 0.5) is 5.69 Å². The molecule has 0 amide bonds. The van der Waals surface area contributed by atoms with E-state index in [-0.39, 0.29) is 10.6 Å². The molecule has 0 bridgehead atoms. The molecular weight excluding hydrogens is 411 g/mol. The molecule has 2 aromatic rings. The summed E-state index contributed by atoms with van der Waals surface area (Å²) >= 11 is 12.4. The van der Waals surface area contributed by atoms with Crippen LogP contribution in [0, 0.1) is 0 Å². The van der Waals surface area contributed by atoms with Crippen molar-refractivity contribution in [2.45, 2.75) is 4.90 Å². The number of benzene rings is 2. The van der Waals surface area contributed by atoms with Crippen LogP contribution in [-0.2, 0) is 10.0 Å². The van der Waals surface area contributed by atoms with Gasteiger partial charge in [0.2, 0.25) is 10.0 Å². The fourth-order valence-electron chi connectivity index (χ4n) is 3.03. The summed E-state index contributed by atoms with van der Waals surface area (Å²) in [5, 5.41) is 0.954. The molecule has 0 spiro atoms. The van der Waals surface area contributed by atoms with Gasteiger partial charge in [-0.15, -0.1) is 0 Å². The molecule has 1 aliphatic rings. The Balaban J connectivity index is 1.82. The van der Waals surface area contributed by atoms with Gasteiger partial charge in [0.1, 0.15) is 16.4 Å². The number of hydrogen-bond acceptors (Lipinski definition) is 5. The largest absolute Gasteiger partial charge is 0.497 e. The number of rotatable bonds is 5. The van der Waals surface area contributed by atoms with Crippen LogP contribution in [0.2, 0.25) is 10.0 Å². The highest BCUT2D eigenvalue weighted by molar-refractivity contribution is 7.89. The summed E-state index contributed by atoms with van der Waals surface area (Å²) in [4.78, 5) is 2.13. The molecule has 0 N–H and O–H groups in total. The van der Waals surface area contributed by atoms with Gasteiger partial charge in [-0.2, -0.15) is 4.31 Å². The second kappa shape index (κ2) is 8.14. The Kier molecular flexibility index (Phi) is 6.05. The molecule has 27 heavy (non-hydrogen) atoms. The molecule has 6 nitrogen and oxygen atoms in total. The number of halogens is 2. The van der Waals surface area contributed by atoms with E-state index in [1.54, 1.807) is 18.2 Å². The second-order valence-corrected chi connectivity index (χ2v) is 8.67. The SMILES string of the molecule is COc1ccc(OC)c(S(=O)(=O)N2CCN(c3cccc(Cl)c3Cl)CC2)c1. The van der Waals surface area contributed by atoms with Gasteiger partial charge in [0.25, 0.3) is 0 Å². The minimum absolute atomic E-state index is 0.0959. The summed E-state index contributed by atoms with van der Waals surface area (Å²) in [7, 11) is -0.783. The van der Waals surface area contributed by atoms with Crippen molar-refractivity contribution >= 4 is 38.9 Å². The molecule has 146 valence electrons. The van der Waals surface area contributed by atoms with Gasteiger partial charge in [-0.3, -0.25) is 0 Å². The van der Waals surface area contributed by atoms with Crippen LogP contribution >= 0.6 is 23.2 Å². The lowest BCUT2D eigenvalue weighted by atomic mass is 10.2. The third kappa shape index (κ3) is 3.96. The van der Waals surface area contributed by atoms with Gasteiger partial charge >= 0.3 is 0 Å². The zero-order valence-electron chi connectivity index (χ0n) is 15.0. The smallest absolute Gasteiger partial charge is 0.247 e. The van der Waals surface area contributed by atoms with Crippen LogP contribution in [0.15, 0.2) is 41.3 Å². The topological polar surface area (TPSA) is 59.1 Å². The van der Waals surface area contributed by atoms with E-state index in [0.29, 0.717) is 42.0 Å². The van der Waals surface area contributed by atoms with Gasteiger partial charge in [0.05, 0.1) is 30.0 Å². The fraction of sp³-hybridized carbons (Fsp3) is 0.333. The molecule has 3 rings (SSSR count). The van der Waals surface area contributed by atoms with Crippen LogP contribution in [0.5, 0.6) is 11.5 Å². The molecule has 0 saturated carbocycles.